The number of hydrogen-bond donors (Lipinski definition) is 3. The fourth-order valence-corrected chi connectivity index (χ4v) is 2.96. The second-order valence-corrected chi connectivity index (χ2v) is 8.08. The number of nitrogens with one attached hydrogen (secondary N) is 2. The quantitative estimate of drug-likeness (QED) is 0.292. The summed E-state index contributed by atoms with van der Waals surface area (Å²) in [5.74, 6) is -0.0871. The molecule has 1 aromatic carbocycles. The summed E-state index contributed by atoms with van der Waals surface area (Å²) in [6.07, 6.45) is 0.202. The Morgan fingerprint density at radius 2 is 1.76 bits per heavy atom. The molecule has 0 heterocycles. The third kappa shape index (κ3) is 7.34. The first-order valence-electron chi connectivity index (χ1n) is 9.53. The Morgan fingerprint density at radius 1 is 1.17 bits per heavy atom. The van der Waals surface area contributed by atoms with Crippen LogP contribution in [0.3, 0.4) is 0 Å². The Kier molecular flexibility index (Phi) is 8.57. The number of carbonyl (C=O) groups is 2. The second kappa shape index (κ2) is 10.2. The third-order valence-corrected chi connectivity index (χ3v) is 4.85. The number of nitro benzene ring substituents is 1. The van der Waals surface area contributed by atoms with E-state index in [4.69, 9.17) is 4.74 Å². The molecule has 0 fully saturated rings. The highest BCUT2D eigenvalue weighted by atomic mass is 16.6. The van der Waals surface area contributed by atoms with E-state index < -0.39 is 21.9 Å². The molecule has 0 aliphatic heterocycles. The van der Waals surface area contributed by atoms with Gasteiger partial charge in [-0.1, -0.05) is 27.7 Å². The van der Waals surface area contributed by atoms with Gasteiger partial charge in [-0.2, -0.15) is 0 Å². The zero-order chi connectivity index (χ0) is 22.2. The van der Waals surface area contributed by atoms with Gasteiger partial charge in [0.2, 0.25) is 11.8 Å². The summed E-state index contributed by atoms with van der Waals surface area (Å²) in [6.45, 7) is 8.84. The number of non-ortho nitro benzene ring substituents is 1. The molecule has 0 aliphatic rings. The van der Waals surface area contributed by atoms with Gasteiger partial charge >= 0.3 is 0 Å². The van der Waals surface area contributed by atoms with Gasteiger partial charge in [0, 0.05) is 29.5 Å². The maximum atomic E-state index is 12.6. The Morgan fingerprint density at radius 3 is 2.24 bits per heavy atom. The van der Waals surface area contributed by atoms with Crippen LogP contribution in [0.4, 0.5) is 5.69 Å². The van der Waals surface area contributed by atoms with Gasteiger partial charge in [0.15, 0.2) is 6.73 Å². The number of nitro groups is 1. The predicted molar refractivity (Wildman–Crippen MR) is 108 cm³/mol. The first kappa shape index (κ1) is 24.4. The lowest BCUT2D eigenvalue weighted by atomic mass is 9.71. The van der Waals surface area contributed by atoms with E-state index in [0.717, 1.165) is 0 Å². The van der Waals surface area contributed by atoms with Crippen LogP contribution >= 0.6 is 0 Å². The van der Waals surface area contributed by atoms with Gasteiger partial charge in [0.05, 0.1) is 11.0 Å². The van der Waals surface area contributed by atoms with E-state index in [0.29, 0.717) is 18.6 Å². The Balaban J connectivity index is 2.64. The van der Waals surface area contributed by atoms with Crippen LogP contribution in [0.25, 0.3) is 0 Å². The Labute approximate surface area is 171 Å². The number of rotatable bonds is 11. The van der Waals surface area contributed by atoms with Crippen molar-refractivity contribution in [3.05, 3.63) is 34.4 Å². The SMILES string of the molecule is CCC(C)(CC(C)(C)C(=O)NCOc1ccc([N+](=O)[O-])cc1)C(=O)NCC(C)O. The number of ether oxygens (including phenoxy) is 1. The van der Waals surface area contributed by atoms with Crippen molar-refractivity contribution < 1.29 is 24.4 Å². The molecule has 162 valence electrons. The number of hydrogen-bond acceptors (Lipinski definition) is 6. The fraction of sp³-hybridized carbons (Fsp3) is 0.600. The highest BCUT2D eigenvalue weighted by molar-refractivity contribution is 5.85. The normalized spacial score (nSPS) is 14.4. The monoisotopic (exact) mass is 409 g/mol. The molecule has 2 atom stereocenters. The summed E-state index contributed by atoms with van der Waals surface area (Å²) in [7, 11) is 0. The second-order valence-electron chi connectivity index (χ2n) is 8.08. The number of aliphatic hydroxyl groups is 1. The van der Waals surface area contributed by atoms with Gasteiger partial charge in [-0.25, -0.2) is 0 Å². The van der Waals surface area contributed by atoms with Gasteiger partial charge < -0.3 is 20.5 Å². The smallest absolute Gasteiger partial charge is 0.269 e. The molecule has 1 rings (SSSR count). The lowest BCUT2D eigenvalue weighted by Crippen LogP contribution is -2.47. The number of nitrogens with zero attached hydrogens (tertiary/aromatic N) is 1. The minimum atomic E-state index is -0.842. The minimum Gasteiger partial charge on any atom is -0.473 e. The summed E-state index contributed by atoms with van der Waals surface area (Å²) in [6, 6.07) is 5.55. The van der Waals surface area contributed by atoms with Gasteiger partial charge in [0.1, 0.15) is 5.75 Å². The number of amides is 2. The lowest BCUT2D eigenvalue weighted by molar-refractivity contribution is -0.384. The first-order valence-corrected chi connectivity index (χ1v) is 9.53. The van der Waals surface area contributed by atoms with Crippen LogP contribution in [0.15, 0.2) is 24.3 Å². The molecule has 0 saturated carbocycles. The van der Waals surface area contributed by atoms with Crippen molar-refractivity contribution in [1.82, 2.24) is 10.6 Å². The van der Waals surface area contributed by atoms with Crippen molar-refractivity contribution >= 4 is 17.5 Å². The Hall–Kier alpha value is -2.68. The molecule has 2 amide bonds. The summed E-state index contributed by atoms with van der Waals surface area (Å²) in [4.78, 5) is 35.3. The van der Waals surface area contributed by atoms with Crippen LogP contribution in [0.1, 0.15) is 47.5 Å². The zero-order valence-electron chi connectivity index (χ0n) is 17.7. The van der Waals surface area contributed by atoms with Crippen LogP contribution in [0, 0.1) is 20.9 Å². The highest BCUT2D eigenvalue weighted by Crippen LogP contribution is 2.37. The topological polar surface area (TPSA) is 131 Å². The molecule has 0 spiro atoms. The van der Waals surface area contributed by atoms with Crippen molar-refractivity contribution in [3.8, 4) is 5.75 Å². The van der Waals surface area contributed by atoms with E-state index >= 15 is 0 Å². The molecule has 0 bridgehead atoms. The molecule has 9 nitrogen and oxygen atoms in total. The molecular weight excluding hydrogens is 378 g/mol. The minimum absolute atomic E-state index is 0.0461. The molecule has 0 aromatic heterocycles. The summed E-state index contributed by atoms with van der Waals surface area (Å²) in [5.41, 5.74) is -1.66. The van der Waals surface area contributed by atoms with Gasteiger partial charge in [0.25, 0.3) is 5.69 Å². The summed E-state index contributed by atoms with van der Waals surface area (Å²) in [5, 5.41) is 25.4. The van der Waals surface area contributed by atoms with E-state index in [2.05, 4.69) is 10.6 Å². The molecule has 0 radical (unpaired) electrons. The largest absolute Gasteiger partial charge is 0.473 e. The first-order chi connectivity index (χ1) is 13.4. The Bertz CT molecular complexity index is 717. The van der Waals surface area contributed by atoms with Crippen LogP contribution in [0.5, 0.6) is 5.75 Å². The van der Waals surface area contributed by atoms with E-state index in [1.165, 1.54) is 24.3 Å². The molecular formula is C20H31N3O6. The zero-order valence-corrected chi connectivity index (χ0v) is 17.7. The van der Waals surface area contributed by atoms with Crippen molar-refractivity contribution in [1.29, 1.82) is 0 Å². The number of benzene rings is 1. The molecule has 2 unspecified atom stereocenters. The van der Waals surface area contributed by atoms with E-state index in [1.807, 2.05) is 6.92 Å². The molecule has 0 saturated heterocycles. The van der Waals surface area contributed by atoms with Gasteiger partial charge in [-0.3, -0.25) is 19.7 Å². The summed E-state index contributed by atoms with van der Waals surface area (Å²) < 4.78 is 5.41. The highest BCUT2D eigenvalue weighted by Gasteiger charge is 2.40. The average molecular weight is 409 g/mol. The van der Waals surface area contributed by atoms with Gasteiger partial charge in [-0.05, 0) is 31.9 Å². The van der Waals surface area contributed by atoms with E-state index in [1.54, 1.807) is 27.7 Å². The van der Waals surface area contributed by atoms with Crippen LogP contribution in [-0.2, 0) is 9.59 Å². The molecule has 0 aliphatic carbocycles. The van der Waals surface area contributed by atoms with E-state index in [-0.39, 0.29) is 30.8 Å². The maximum absolute atomic E-state index is 12.6. The van der Waals surface area contributed by atoms with Crippen molar-refractivity contribution in [2.75, 3.05) is 13.3 Å². The number of carbonyl (C=O) groups excluding carboxylic acids is 2. The van der Waals surface area contributed by atoms with Crippen LogP contribution in [-0.4, -0.2) is 41.2 Å². The predicted octanol–water partition coefficient (Wildman–Crippen LogP) is 2.38. The van der Waals surface area contributed by atoms with Crippen LogP contribution < -0.4 is 15.4 Å². The summed E-state index contributed by atoms with van der Waals surface area (Å²) >= 11 is 0. The van der Waals surface area contributed by atoms with Crippen molar-refractivity contribution in [2.24, 2.45) is 10.8 Å². The maximum Gasteiger partial charge on any atom is 0.269 e. The standard InChI is InChI=1S/C20H31N3O6/c1-6-20(5,18(26)21-11-14(2)24)12-19(3,4)17(25)22-13-29-16-9-7-15(8-10-16)23(27)28/h7-10,14,24H,6,11-13H2,1-5H3,(H,21,26)(H,22,25). The average Bonchev–Trinajstić information content (AvgIpc) is 2.65. The van der Waals surface area contributed by atoms with Gasteiger partial charge in [-0.15, -0.1) is 0 Å². The van der Waals surface area contributed by atoms with E-state index in [9.17, 15) is 24.8 Å². The fourth-order valence-electron chi connectivity index (χ4n) is 2.96. The van der Waals surface area contributed by atoms with Crippen molar-refractivity contribution in [2.45, 2.75) is 53.6 Å². The number of aliphatic hydroxyl groups excluding tert-OH is 1. The molecule has 29 heavy (non-hydrogen) atoms. The third-order valence-electron chi connectivity index (χ3n) is 4.85. The van der Waals surface area contributed by atoms with Crippen molar-refractivity contribution in [3.63, 3.8) is 0 Å². The molecule has 9 heteroatoms. The molecule has 1 aromatic rings. The van der Waals surface area contributed by atoms with Crippen LogP contribution in [0.2, 0.25) is 0 Å². The molecule has 3 N–H and O–H groups in total. The lowest BCUT2D eigenvalue weighted by Gasteiger charge is -2.35.